The first-order valence-corrected chi connectivity index (χ1v) is 30.0. The Balaban J connectivity index is 4.84. The van der Waals surface area contributed by atoms with Gasteiger partial charge in [-0.1, -0.05) is 221 Å². The molecule has 0 radical (unpaired) electrons. The predicted molar refractivity (Wildman–Crippen MR) is 298 cm³/mol. The minimum absolute atomic E-state index is 0.0410. The second kappa shape index (κ2) is 53.9. The SMILES string of the molecule is CC/C=C\C/C=C\C/C=C\C/C=C\C/C=C\C/C=C\CCC(=O)OC(COC(=O)CCCCCCCCCCCCCCC)COP(=O)(O)OCC(CO)OC(=O)CCCCCCC/C=C\CCCCCC. The highest BCUT2D eigenvalue weighted by molar-refractivity contribution is 7.47. The zero-order chi connectivity index (χ0) is 52.7. The van der Waals surface area contributed by atoms with Gasteiger partial charge in [-0.15, -0.1) is 0 Å². The summed E-state index contributed by atoms with van der Waals surface area (Å²) in [4.78, 5) is 48.4. The number of carbonyl (C=O) groups excluding carboxylic acids is 3. The summed E-state index contributed by atoms with van der Waals surface area (Å²) in [6, 6.07) is 0. The van der Waals surface area contributed by atoms with Crippen LogP contribution in [0.2, 0.25) is 0 Å². The summed E-state index contributed by atoms with van der Waals surface area (Å²) >= 11 is 0. The van der Waals surface area contributed by atoms with E-state index in [0.29, 0.717) is 25.7 Å². The molecule has 0 saturated heterocycles. The summed E-state index contributed by atoms with van der Waals surface area (Å²) in [5, 5.41) is 9.80. The Hall–Kier alpha value is -3.34. The van der Waals surface area contributed by atoms with E-state index in [4.69, 9.17) is 23.3 Å². The molecule has 0 spiro atoms. The van der Waals surface area contributed by atoms with Crippen LogP contribution in [0.5, 0.6) is 0 Å². The monoisotopic (exact) mass is 1030 g/mol. The van der Waals surface area contributed by atoms with Crippen LogP contribution < -0.4 is 0 Å². The number of allylic oxidation sites excluding steroid dienone is 14. The fraction of sp³-hybridized carbons (Fsp3) is 0.717. The van der Waals surface area contributed by atoms with Gasteiger partial charge in [-0.25, -0.2) is 4.57 Å². The summed E-state index contributed by atoms with van der Waals surface area (Å²) in [5.74, 6) is -1.57. The number of phosphoric ester groups is 1. The van der Waals surface area contributed by atoms with Gasteiger partial charge in [0.1, 0.15) is 12.7 Å². The number of hydrogen-bond donors (Lipinski definition) is 2. The lowest BCUT2D eigenvalue weighted by Gasteiger charge is -2.21. The van der Waals surface area contributed by atoms with Crippen molar-refractivity contribution >= 4 is 25.7 Å². The summed E-state index contributed by atoms with van der Waals surface area (Å²) in [7, 11) is -4.77. The lowest BCUT2D eigenvalue weighted by molar-refractivity contribution is -0.161. The molecule has 414 valence electrons. The van der Waals surface area contributed by atoms with Crippen molar-refractivity contribution in [3.8, 4) is 0 Å². The van der Waals surface area contributed by atoms with E-state index in [-0.39, 0.29) is 25.9 Å². The molecule has 0 amide bonds. The Bertz CT molecular complexity index is 1530. The minimum Gasteiger partial charge on any atom is -0.462 e. The number of ether oxygens (including phenoxy) is 3. The molecule has 0 aliphatic heterocycles. The van der Waals surface area contributed by atoms with Gasteiger partial charge in [0.05, 0.1) is 19.8 Å². The Morgan fingerprint density at radius 1 is 0.403 bits per heavy atom. The standard InChI is InChI=1S/C60H103O11P/c1-4-7-10-13-16-19-22-25-26-27-28-29-30-33-36-39-42-45-48-51-60(64)71-57(53-67-58(62)49-46-43-40-37-34-31-23-20-17-14-11-8-5-2)55-69-72(65,66)68-54-56(52-61)70-59(63)50-47-44-41-38-35-32-24-21-18-15-12-9-6-3/h7,10,16,19,21,24-26,28-29,33,36,42,45,56-57,61H,4-6,8-9,11-15,17-18,20,22-23,27,30-32,34-35,37-41,43-44,46-55H2,1-3H3,(H,65,66)/b10-7-,19-16-,24-21-,26-25-,29-28-,36-33-,45-42-. The maximum Gasteiger partial charge on any atom is 0.472 e. The van der Waals surface area contributed by atoms with Crippen molar-refractivity contribution < 1.29 is 52.2 Å². The van der Waals surface area contributed by atoms with Gasteiger partial charge in [-0.3, -0.25) is 23.4 Å². The number of aliphatic hydroxyl groups is 1. The minimum atomic E-state index is -4.77. The van der Waals surface area contributed by atoms with Crippen molar-refractivity contribution in [2.45, 2.75) is 251 Å². The molecule has 0 aromatic heterocycles. The number of phosphoric acid groups is 1. The molecule has 0 aliphatic carbocycles. The first-order valence-electron chi connectivity index (χ1n) is 28.5. The largest absolute Gasteiger partial charge is 0.472 e. The molecule has 11 nitrogen and oxygen atoms in total. The highest BCUT2D eigenvalue weighted by Crippen LogP contribution is 2.43. The second-order valence-electron chi connectivity index (χ2n) is 18.7. The van der Waals surface area contributed by atoms with E-state index in [9.17, 15) is 28.9 Å². The molecule has 72 heavy (non-hydrogen) atoms. The molecular weight excluding hydrogens is 928 g/mol. The molecule has 3 atom stereocenters. The van der Waals surface area contributed by atoms with Gasteiger partial charge >= 0.3 is 25.7 Å². The number of esters is 3. The summed E-state index contributed by atoms with van der Waals surface area (Å²) < 4.78 is 39.4. The molecule has 3 unspecified atom stereocenters. The molecule has 0 aromatic carbocycles. The molecule has 0 aromatic rings. The van der Waals surface area contributed by atoms with E-state index < -0.39 is 57.8 Å². The average molecular weight is 1030 g/mol. The Morgan fingerprint density at radius 3 is 1.21 bits per heavy atom. The zero-order valence-corrected chi connectivity index (χ0v) is 46.5. The average Bonchev–Trinajstić information content (AvgIpc) is 3.37. The predicted octanol–water partition coefficient (Wildman–Crippen LogP) is 16.7. The van der Waals surface area contributed by atoms with Crippen molar-refractivity contribution in [1.82, 2.24) is 0 Å². The first kappa shape index (κ1) is 68.7. The molecule has 0 saturated carbocycles. The molecule has 0 heterocycles. The number of carbonyl (C=O) groups is 3. The molecule has 0 aliphatic rings. The van der Waals surface area contributed by atoms with Crippen molar-refractivity contribution in [3.63, 3.8) is 0 Å². The van der Waals surface area contributed by atoms with E-state index >= 15 is 0 Å². The van der Waals surface area contributed by atoms with Crippen molar-refractivity contribution in [2.24, 2.45) is 0 Å². The maximum absolute atomic E-state index is 12.9. The Morgan fingerprint density at radius 2 is 0.750 bits per heavy atom. The Kier molecular flexibility index (Phi) is 51.4. The number of aliphatic hydroxyl groups excluding tert-OH is 1. The van der Waals surface area contributed by atoms with Gasteiger partial charge < -0.3 is 24.2 Å². The third kappa shape index (κ3) is 51.6. The van der Waals surface area contributed by atoms with E-state index in [1.54, 1.807) is 0 Å². The van der Waals surface area contributed by atoms with Gasteiger partial charge in [-0.05, 0) is 83.5 Å². The van der Waals surface area contributed by atoms with E-state index in [0.717, 1.165) is 89.9 Å². The number of hydrogen-bond acceptors (Lipinski definition) is 10. The quantitative estimate of drug-likeness (QED) is 0.0197. The highest BCUT2D eigenvalue weighted by atomic mass is 31.2. The number of rotatable bonds is 52. The van der Waals surface area contributed by atoms with Crippen LogP contribution in [0.3, 0.4) is 0 Å². The molecule has 0 rings (SSSR count). The highest BCUT2D eigenvalue weighted by Gasteiger charge is 2.28. The normalized spacial score (nSPS) is 14.0. The van der Waals surface area contributed by atoms with Crippen LogP contribution in [0.1, 0.15) is 239 Å². The van der Waals surface area contributed by atoms with Crippen LogP contribution in [0.25, 0.3) is 0 Å². The topological polar surface area (TPSA) is 155 Å². The number of unbranched alkanes of at least 4 members (excludes halogenated alkanes) is 21. The molecule has 12 heteroatoms. The van der Waals surface area contributed by atoms with Gasteiger partial charge in [-0.2, -0.15) is 0 Å². The fourth-order valence-corrected chi connectivity index (χ4v) is 8.28. The van der Waals surface area contributed by atoms with Gasteiger partial charge in [0.2, 0.25) is 0 Å². The maximum atomic E-state index is 12.9. The van der Waals surface area contributed by atoms with Crippen molar-refractivity contribution in [2.75, 3.05) is 26.4 Å². The summed E-state index contributed by atoms with van der Waals surface area (Å²) in [6.45, 7) is 4.42. The summed E-state index contributed by atoms with van der Waals surface area (Å²) in [6.07, 6.45) is 61.3. The van der Waals surface area contributed by atoms with Crippen LogP contribution >= 0.6 is 7.82 Å². The van der Waals surface area contributed by atoms with Crippen LogP contribution in [0.15, 0.2) is 85.1 Å². The molecule has 2 N–H and O–H groups in total. The lowest BCUT2D eigenvalue weighted by Crippen LogP contribution is -2.30. The van der Waals surface area contributed by atoms with Crippen LogP contribution in [0, 0.1) is 0 Å². The molecule has 0 bridgehead atoms. The van der Waals surface area contributed by atoms with Gasteiger partial charge in [0, 0.05) is 19.3 Å². The zero-order valence-electron chi connectivity index (χ0n) is 45.6. The van der Waals surface area contributed by atoms with Crippen LogP contribution in [-0.2, 0) is 42.2 Å². The summed E-state index contributed by atoms with van der Waals surface area (Å²) in [5.41, 5.74) is 0. The van der Waals surface area contributed by atoms with Crippen LogP contribution in [-0.4, -0.2) is 66.5 Å². The third-order valence-electron chi connectivity index (χ3n) is 11.8. The third-order valence-corrected chi connectivity index (χ3v) is 12.8. The van der Waals surface area contributed by atoms with Crippen LogP contribution in [0.4, 0.5) is 0 Å². The van der Waals surface area contributed by atoms with Crippen molar-refractivity contribution in [3.05, 3.63) is 85.1 Å². The van der Waals surface area contributed by atoms with E-state index in [2.05, 4.69) is 93.7 Å². The van der Waals surface area contributed by atoms with Crippen molar-refractivity contribution in [1.29, 1.82) is 0 Å². The van der Waals surface area contributed by atoms with E-state index in [1.165, 1.54) is 83.5 Å². The lowest BCUT2D eigenvalue weighted by atomic mass is 10.0. The van der Waals surface area contributed by atoms with E-state index in [1.807, 2.05) is 12.2 Å². The van der Waals surface area contributed by atoms with Gasteiger partial charge in [0.15, 0.2) is 6.10 Å². The van der Waals surface area contributed by atoms with Gasteiger partial charge in [0.25, 0.3) is 0 Å². The Labute approximate surface area is 439 Å². The molecular formula is C60H103O11P. The smallest absolute Gasteiger partial charge is 0.462 e. The first-order chi connectivity index (χ1) is 35.2. The second-order valence-corrected chi connectivity index (χ2v) is 20.2. The molecule has 0 fully saturated rings. The fourth-order valence-electron chi connectivity index (χ4n) is 7.49.